The van der Waals surface area contributed by atoms with Crippen molar-refractivity contribution in [2.75, 3.05) is 19.6 Å². The van der Waals surface area contributed by atoms with Crippen molar-refractivity contribution in [3.8, 4) is 0 Å². The molecule has 172 valence electrons. The van der Waals surface area contributed by atoms with Gasteiger partial charge < -0.3 is 10.0 Å². The summed E-state index contributed by atoms with van der Waals surface area (Å²) in [4.78, 5) is 2.65. The molecule has 1 saturated heterocycles. The molecule has 1 N–H and O–H groups in total. The molecule has 0 bridgehead atoms. The second kappa shape index (κ2) is 11.5. The van der Waals surface area contributed by atoms with Gasteiger partial charge >= 0.3 is 0 Å². The highest BCUT2D eigenvalue weighted by molar-refractivity contribution is 5.86. The Morgan fingerprint density at radius 1 is 1.03 bits per heavy atom. The highest BCUT2D eigenvalue weighted by atomic mass is 16.3. The molecular formula is C29H45NO. The van der Waals surface area contributed by atoms with Gasteiger partial charge in [-0.15, -0.1) is 0 Å². The molecule has 2 aromatic carbocycles. The second-order valence-corrected chi connectivity index (χ2v) is 10.3. The van der Waals surface area contributed by atoms with E-state index in [9.17, 15) is 5.11 Å². The van der Waals surface area contributed by atoms with Crippen LogP contribution in [0.2, 0.25) is 0 Å². The van der Waals surface area contributed by atoms with Gasteiger partial charge in [-0.05, 0) is 67.0 Å². The summed E-state index contributed by atoms with van der Waals surface area (Å²) in [5.41, 5.74) is 2.12. The lowest BCUT2D eigenvalue weighted by atomic mass is 9.72. The Kier molecular flexibility index (Phi) is 8.98. The van der Waals surface area contributed by atoms with Crippen LogP contribution in [0, 0.1) is 12.8 Å². The Morgan fingerprint density at radius 3 is 2.52 bits per heavy atom. The van der Waals surface area contributed by atoms with Gasteiger partial charge in [-0.1, -0.05) is 89.3 Å². The van der Waals surface area contributed by atoms with Crippen molar-refractivity contribution in [3.05, 3.63) is 47.5 Å². The average molecular weight is 424 g/mol. The van der Waals surface area contributed by atoms with E-state index < -0.39 is 5.60 Å². The molecule has 0 radical (unpaired) electrons. The summed E-state index contributed by atoms with van der Waals surface area (Å²) in [5, 5.41) is 14.4. The van der Waals surface area contributed by atoms with E-state index in [1.165, 1.54) is 67.1 Å². The summed E-state index contributed by atoms with van der Waals surface area (Å²) in [5.74, 6) is 0.977. The van der Waals surface area contributed by atoms with Crippen LogP contribution in [0.3, 0.4) is 0 Å². The van der Waals surface area contributed by atoms with E-state index >= 15 is 0 Å². The van der Waals surface area contributed by atoms with Gasteiger partial charge in [0, 0.05) is 19.0 Å². The lowest BCUT2D eigenvalue weighted by Crippen LogP contribution is -2.45. The third kappa shape index (κ3) is 6.33. The predicted octanol–water partition coefficient (Wildman–Crippen LogP) is 7.47. The molecule has 1 heterocycles. The van der Waals surface area contributed by atoms with Crippen molar-refractivity contribution in [1.29, 1.82) is 0 Å². The Bertz CT molecular complexity index is 807. The number of hydrogen-bond donors (Lipinski definition) is 1. The number of fused-ring (bicyclic) bond motifs is 1. The number of aliphatic hydroxyl groups is 1. The van der Waals surface area contributed by atoms with E-state index in [0.717, 1.165) is 38.1 Å². The van der Waals surface area contributed by atoms with Crippen molar-refractivity contribution in [1.82, 2.24) is 4.90 Å². The highest BCUT2D eigenvalue weighted by Crippen LogP contribution is 2.41. The maximum atomic E-state index is 11.8. The standard InChI is InChI=1S/C26H37NO.C3H8/c1-20-9-4-7-16-27(18-20)19-25(26(28)14-5-3-6-15-26)23-13-12-22-11-8-10-21(2)24(22)17-23;1-3-2/h8,10-13,17,20,25,28H,3-7,9,14-16,18-19H2,1-2H3;3H2,1-2H3. The normalized spacial score (nSPS) is 22.9. The molecule has 2 nitrogen and oxygen atoms in total. The third-order valence-corrected chi connectivity index (χ3v) is 7.33. The monoisotopic (exact) mass is 423 g/mol. The van der Waals surface area contributed by atoms with E-state index in [0.29, 0.717) is 0 Å². The van der Waals surface area contributed by atoms with Crippen LogP contribution in [0.15, 0.2) is 36.4 Å². The summed E-state index contributed by atoms with van der Waals surface area (Å²) in [6.07, 6.45) is 10.7. The van der Waals surface area contributed by atoms with Crippen LogP contribution in [0.5, 0.6) is 0 Å². The minimum absolute atomic E-state index is 0.210. The number of likely N-dealkylation sites (tertiary alicyclic amines) is 1. The quantitative estimate of drug-likeness (QED) is 0.551. The first-order chi connectivity index (χ1) is 15.0. The van der Waals surface area contributed by atoms with Crippen molar-refractivity contribution < 1.29 is 5.11 Å². The summed E-state index contributed by atoms with van der Waals surface area (Å²) >= 11 is 0. The molecule has 2 atom stereocenters. The zero-order valence-electron chi connectivity index (χ0n) is 20.5. The molecule has 1 aliphatic carbocycles. The molecule has 1 saturated carbocycles. The van der Waals surface area contributed by atoms with Gasteiger partial charge in [0.2, 0.25) is 0 Å². The number of aryl methyl sites for hydroxylation is 1. The minimum Gasteiger partial charge on any atom is -0.389 e. The number of nitrogens with zero attached hydrogens (tertiary/aromatic N) is 1. The first-order valence-electron chi connectivity index (χ1n) is 12.9. The predicted molar refractivity (Wildman–Crippen MR) is 135 cm³/mol. The van der Waals surface area contributed by atoms with E-state index in [-0.39, 0.29) is 5.92 Å². The zero-order valence-corrected chi connectivity index (χ0v) is 20.5. The molecule has 2 fully saturated rings. The molecule has 2 heteroatoms. The van der Waals surface area contributed by atoms with Crippen LogP contribution in [0.4, 0.5) is 0 Å². The minimum atomic E-state index is -0.551. The Morgan fingerprint density at radius 2 is 1.77 bits per heavy atom. The zero-order chi connectivity index (χ0) is 22.3. The first-order valence-corrected chi connectivity index (χ1v) is 12.9. The lowest BCUT2D eigenvalue weighted by Gasteiger charge is -2.42. The maximum Gasteiger partial charge on any atom is 0.0728 e. The van der Waals surface area contributed by atoms with Crippen molar-refractivity contribution in [2.45, 2.75) is 97.0 Å². The van der Waals surface area contributed by atoms with Gasteiger partial charge in [0.1, 0.15) is 0 Å². The van der Waals surface area contributed by atoms with Gasteiger partial charge in [-0.25, -0.2) is 0 Å². The van der Waals surface area contributed by atoms with Crippen LogP contribution < -0.4 is 0 Å². The van der Waals surface area contributed by atoms with Crippen molar-refractivity contribution in [2.24, 2.45) is 5.92 Å². The average Bonchev–Trinajstić information content (AvgIpc) is 2.97. The number of hydrogen-bond acceptors (Lipinski definition) is 2. The van der Waals surface area contributed by atoms with Crippen LogP contribution >= 0.6 is 0 Å². The summed E-state index contributed by atoms with van der Waals surface area (Å²) in [7, 11) is 0. The second-order valence-electron chi connectivity index (χ2n) is 10.3. The molecule has 31 heavy (non-hydrogen) atoms. The number of rotatable bonds is 4. The van der Waals surface area contributed by atoms with Crippen LogP contribution in [0.1, 0.15) is 95.6 Å². The van der Waals surface area contributed by atoms with Gasteiger partial charge in [0.15, 0.2) is 0 Å². The lowest BCUT2D eigenvalue weighted by molar-refractivity contribution is -0.0313. The van der Waals surface area contributed by atoms with Crippen LogP contribution in [-0.2, 0) is 0 Å². The molecule has 1 aliphatic heterocycles. The molecule has 0 aromatic heterocycles. The van der Waals surface area contributed by atoms with Crippen LogP contribution in [-0.4, -0.2) is 35.2 Å². The molecule has 2 aromatic rings. The first kappa shape index (κ1) is 24.3. The molecule has 2 unspecified atom stereocenters. The van der Waals surface area contributed by atoms with Crippen LogP contribution in [0.25, 0.3) is 10.8 Å². The fraction of sp³-hybridized carbons (Fsp3) is 0.655. The van der Waals surface area contributed by atoms with Crippen molar-refractivity contribution in [3.63, 3.8) is 0 Å². The number of benzene rings is 2. The van der Waals surface area contributed by atoms with E-state index in [1.54, 1.807) is 0 Å². The SMILES string of the molecule is CCC.Cc1cccc2ccc(C(CN3CCCCC(C)C3)C3(O)CCCCC3)cc12. The van der Waals surface area contributed by atoms with E-state index in [2.05, 4.69) is 69.0 Å². The van der Waals surface area contributed by atoms with E-state index in [1.807, 2.05) is 0 Å². The highest BCUT2D eigenvalue weighted by Gasteiger charge is 2.39. The summed E-state index contributed by atoms with van der Waals surface area (Å²) in [6.45, 7) is 12.2. The molecule has 4 rings (SSSR count). The fourth-order valence-corrected chi connectivity index (χ4v) is 5.64. The smallest absolute Gasteiger partial charge is 0.0728 e. The Labute approximate surface area is 191 Å². The van der Waals surface area contributed by atoms with Crippen molar-refractivity contribution >= 4 is 10.8 Å². The maximum absolute atomic E-state index is 11.8. The fourth-order valence-electron chi connectivity index (χ4n) is 5.64. The van der Waals surface area contributed by atoms with Gasteiger partial charge in [-0.2, -0.15) is 0 Å². The Hall–Kier alpha value is -1.38. The Balaban J connectivity index is 0.000000858. The van der Waals surface area contributed by atoms with E-state index in [4.69, 9.17) is 0 Å². The molecular weight excluding hydrogens is 378 g/mol. The topological polar surface area (TPSA) is 23.5 Å². The largest absolute Gasteiger partial charge is 0.389 e. The molecule has 2 aliphatic rings. The summed E-state index contributed by atoms with van der Waals surface area (Å²) < 4.78 is 0. The molecule has 0 amide bonds. The van der Waals surface area contributed by atoms with Gasteiger partial charge in [0.25, 0.3) is 0 Å². The molecule has 0 spiro atoms. The summed E-state index contributed by atoms with van der Waals surface area (Å²) in [6, 6.07) is 13.5. The van der Waals surface area contributed by atoms with Gasteiger partial charge in [0.05, 0.1) is 5.60 Å². The van der Waals surface area contributed by atoms with Gasteiger partial charge in [-0.3, -0.25) is 0 Å². The third-order valence-electron chi connectivity index (χ3n) is 7.33.